The van der Waals surface area contributed by atoms with Crippen molar-refractivity contribution in [2.45, 2.75) is 6.61 Å². The Bertz CT molecular complexity index is 244. The number of furan rings is 1. The molecule has 0 aliphatic heterocycles. The van der Waals surface area contributed by atoms with E-state index in [0.29, 0.717) is 36.9 Å². The van der Waals surface area contributed by atoms with Gasteiger partial charge in [0.15, 0.2) is 12.0 Å². The monoisotopic (exact) mass is 188 g/mol. The zero-order valence-electron chi connectivity index (χ0n) is 6.46. The summed E-state index contributed by atoms with van der Waals surface area (Å²) in [6, 6.07) is 3.31. The van der Waals surface area contributed by atoms with Crippen LogP contribution in [0.15, 0.2) is 16.5 Å². The van der Waals surface area contributed by atoms with Crippen molar-refractivity contribution in [1.82, 2.24) is 0 Å². The molecular formula is C8H9ClO3. The average molecular weight is 189 g/mol. The lowest BCUT2D eigenvalue weighted by atomic mass is 10.4. The third kappa shape index (κ3) is 2.68. The Balaban J connectivity index is 2.36. The Morgan fingerprint density at radius 1 is 1.58 bits per heavy atom. The molecule has 0 aliphatic rings. The largest absolute Gasteiger partial charge is 0.456 e. The Kier molecular flexibility index (Phi) is 3.84. The molecule has 1 rings (SSSR count). The van der Waals surface area contributed by atoms with Crippen molar-refractivity contribution in [2.75, 3.05) is 12.5 Å². The topological polar surface area (TPSA) is 39.4 Å². The van der Waals surface area contributed by atoms with Crippen LogP contribution in [0.5, 0.6) is 0 Å². The number of carbonyl (C=O) groups is 1. The van der Waals surface area contributed by atoms with Crippen LogP contribution in [0.3, 0.4) is 0 Å². The second kappa shape index (κ2) is 4.95. The lowest BCUT2D eigenvalue weighted by Gasteiger charge is -1.96. The Labute approximate surface area is 75.3 Å². The predicted octanol–water partition coefficient (Wildman–Crippen LogP) is 1.85. The maximum atomic E-state index is 10.2. The van der Waals surface area contributed by atoms with Gasteiger partial charge in [0.25, 0.3) is 0 Å². The molecule has 66 valence electrons. The van der Waals surface area contributed by atoms with E-state index in [2.05, 4.69) is 0 Å². The molecule has 0 radical (unpaired) electrons. The normalized spacial score (nSPS) is 10.1. The first-order chi connectivity index (χ1) is 5.86. The van der Waals surface area contributed by atoms with Crippen molar-refractivity contribution >= 4 is 17.9 Å². The van der Waals surface area contributed by atoms with Gasteiger partial charge >= 0.3 is 0 Å². The van der Waals surface area contributed by atoms with Crippen LogP contribution in [0.25, 0.3) is 0 Å². The fraction of sp³-hybridized carbons (Fsp3) is 0.375. The Hall–Kier alpha value is -0.800. The molecule has 0 amide bonds. The van der Waals surface area contributed by atoms with Crippen LogP contribution in [-0.2, 0) is 11.3 Å². The quantitative estimate of drug-likeness (QED) is 0.402. The number of halogens is 1. The number of hydrogen-bond donors (Lipinski definition) is 0. The summed E-state index contributed by atoms with van der Waals surface area (Å²) in [7, 11) is 0. The van der Waals surface area contributed by atoms with E-state index < -0.39 is 0 Å². The molecule has 1 aromatic rings. The van der Waals surface area contributed by atoms with Crippen LogP contribution in [0.4, 0.5) is 0 Å². The molecule has 0 fully saturated rings. The molecule has 4 heteroatoms. The number of hydrogen-bond acceptors (Lipinski definition) is 3. The van der Waals surface area contributed by atoms with Crippen LogP contribution < -0.4 is 0 Å². The highest BCUT2D eigenvalue weighted by atomic mass is 35.5. The molecule has 0 aromatic carbocycles. The van der Waals surface area contributed by atoms with Gasteiger partial charge in [0, 0.05) is 5.88 Å². The van der Waals surface area contributed by atoms with Gasteiger partial charge in [-0.2, -0.15) is 0 Å². The molecule has 1 aromatic heterocycles. The number of alkyl halides is 1. The molecule has 0 saturated heterocycles. The zero-order chi connectivity index (χ0) is 8.81. The van der Waals surface area contributed by atoms with Crippen molar-refractivity contribution < 1.29 is 13.9 Å². The van der Waals surface area contributed by atoms with Crippen LogP contribution in [0, 0.1) is 0 Å². The van der Waals surface area contributed by atoms with E-state index in [1.165, 1.54) is 0 Å². The van der Waals surface area contributed by atoms with Gasteiger partial charge in [-0.1, -0.05) is 0 Å². The minimum Gasteiger partial charge on any atom is -0.456 e. The van der Waals surface area contributed by atoms with E-state index in [4.69, 9.17) is 20.8 Å². The summed E-state index contributed by atoms with van der Waals surface area (Å²) in [6.45, 7) is 0.846. The lowest BCUT2D eigenvalue weighted by Crippen LogP contribution is -1.94. The number of ether oxygens (including phenoxy) is 1. The van der Waals surface area contributed by atoms with Gasteiger partial charge in [-0.25, -0.2) is 0 Å². The van der Waals surface area contributed by atoms with Gasteiger partial charge in [0.1, 0.15) is 12.4 Å². The SMILES string of the molecule is O=Cc1ccc(COCCCl)o1. The first-order valence-corrected chi connectivity index (χ1v) is 4.08. The highest BCUT2D eigenvalue weighted by Crippen LogP contribution is 2.06. The van der Waals surface area contributed by atoms with E-state index in [1.807, 2.05) is 0 Å². The Morgan fingerprint density at radius 3 is 3.00 bits per heavy atom. The number of rotatable bonds is 5. The van der Waals surface area contributed by atoms with E-state index in [1.54, 1.807) is 12.1 Å². The van der Waals surface area contributed by atoms with Crippen LogP contribution in [0.1, 0.15) is 16.3 Å². The minimum absolute atomic E-state index is 0.319. The molecule has 0 saturated carbocycles. The zero-order valence-corrected chi connectivity index (χ0v) is 7.21. The number of aldehydes is 1. The van der Waals surface area contributed by atoms with Crippen LogP contribution in [0.2, 0.25) is 0 Å². The summed E-state index contributed by atoms with van der Waals surface area (Å²) in [5, 5.41) is 0. The van der Waals surface area contributed by atoms with E-state index in [-0.39, 0.29) is 0 Å². The molecule has 0 N–H and O–H groups in total. The third-order valence-corrected chi connectivity index (χ3v) is 1.42. The summed E-state index contributed by atoms with van der Waals surface area (Å²) in [4.78, 5) is 10.2. The van der Waals surface area contributed by atoms with Gasteiger partial charge in [-0.05, 0) is 12.1 Å². The van der Waals surface area contributed by atoms with Gasteiger partial charge in [0.2, 0.25) is 0 Å². The van der Waals surface area contributed by atoms with Crippen molar-refractivity contribution in [2.24, 2.45) is 0 Å². The minimum atomic E-state index is 0.319. The Morgan fingerprint density at radius 2 is 2.42 bits per heavy atom. The van der Waals surface area contributed by atoms with Crippen molar-refractivity contribution in [3.05, 3.63) is 23.7 Å². The molecule has 0 atom stereocenters. The molecular weight excluding hydrogens is 180 g/mol. The third-order valence-electron chi connectivity index (χ3n) is 1.26. The fourth-order valence-electron chi connectivity index (χ4n) is 0.763. The first kappa shape index (κ1) is 9.29. The summed E-state index contributed by atoms with van der Waals surface area (Å²) in [5.41, 5.74) is 0. The molecule has 0 spiro atoms. The van der Waals surface area contributed by atoms with Crippen LogP contribution in [-0.4, -0.2) is 18.8 Å². The maximum Gasteiger partial charge on any atom is 0.185 e. The highest BCUT2D eigenvalue weighted by Gasteiger charge is 1.99. The molecule has 1 heterocycles. The highest BCUT2D eigenvalue weighted by molar-refractivity contribution is 6.17. The molecule has 0 bridgehead atoms. The van der Waals surface area contributed by atoms with E-state index >= 15 is 0 Å². The van der Waals surface area contributed by atoms with Crippen molar-refractivity contribution in [1.29, 1.82) is 0 Å². The molecule has 0 unspecified atom stereocenters. The van der Waals surface area contributed by atoms with Gasteiger partial charge < -0.3 is 9.15 Å². The average Bonchev–Trinajstić information content (AvgIpc) is 2.53. The smallest absolute Gasteiger partial charge is 0.185 e. The molecule has 12 heavy (non-hydrogen) atoms. The summed E-state index contributed by atoms with van der Waals surface area (Å²) in [5.74, 6) is 1.42. The summed E-state index contributed by atoms with van der Waals surface area (Å²) < 4.78 is 10.1. The maximum absolute atomic E-state index is 10.2. The van der Waals surface area contributed by atoms with E-state index in [0.717, 1.165) is 0 Å². The van der Waals surface area contributed by atoms with Gasteiger partial charge in [-0.3, -0.25) is 4.79 Å². The fourth-order valence-corrected chi connectivity index (χ4v) is 0.872. The second-order valence-corrected chi connectivity index (χ2v) is 2.54. The van der Waals surface area contributed by atoms with Gasteiger partial charge in [-0.15, -0.1) is 11.6 Å². The molecule has 3 nitrogen and oxygen atoms in total. The number of carbonyl (C=O) groups excluding carboxylic acids is 1. The lowest BCUT2D eigenvalue weighted by molar-refractivity contribution is 0.106. The summed E-state index contributed by atoms with van der Waals surface area (Å²) in [6.07, 6.45) is 0.658. The van der Waals surface area contributed by atoms with Crippen LogP contribution >= 0.6 is 11.6 Å². The van der Waals surface area contributed by atoms with E-state index in [9.17, 15) is 4.79 Å². The van der Waals surface area contributed by atoms with Crippen molar-refractivity contribution in [3.63, 3.8) is 0 Å². The van der Waals surface area contributed by atoms with Crippen molar-refractivity contribution in [3.8, 4) is 0 Å². The standard InChI is InChI=1S/C8H9ClO3/c9-3-4-11-6-8-2-1-7(5-10)12-8/h1-2,5H,3-4,6H2. The second-order valence-electron chi connectivity index (χ2n) is 2.16. The van der Waals surface area contributed by atoms with Gasteiger partial charge in [0.05, 0.1) is 6.61 Å². The predicted molar refractivity (Wildman–Crippen MR) is 44.5 cm³/mol. The molecule has 0 aliphatic carbocycles. The summed E-state index contributed by atoms with van der Waals surface area (Å²) >= 11 is 5.39. The first-order valence-electron chi connectivity index (χ1n) is 3.54.